The Bertz CT molecular complexity index is 1040. The van der Waals surface area contributed by atoms with E-state index in [1.807, 2.05) is 0 Å². The molecule has 0 fully saturated rings. The van der Waals surface area contributed by atoms with Gasteiger partial charge in [-0.1, -0.05) is 107 Å². The van der Waals surface area contributed by atoms with Crippen LogP contribution in [0.2, 0.25) is 0 Å². The molecule has 1 aliphatic carbocycles. The fourth-order valence-electron chi connectivity index (χ4n) is 9.05. The summed E-state index contributed by atoms with van der Waals surface area (Å²) in [7, 11) is 0. The molecular formula is C42H68O2. The molecule has 0 amide bonds. The van der Waals surface area contributed by atoms with E-state index in [9.17, 15) is 10.2 Å². The zero-order chi connectivity index (χ0) is 32.6. The topological polar surface area (TPSA) is 40.5 Å². The Kier molecular flexibility index (Phi) is 14.5. The first kappa shape index (κ1) is 36.8. The van der Waals surface area contributed by atoms with Crippen LogP contribution in [0.15, 0.2) is 0 Å². The van der Waals surface area contributed by atoms with Gasteiger partial charge in [0.15, 0.2) is 0 Å². The van der Waals surface area contributed by atoms with Crippen molar-refractivity contribution in [2.24, 2.45) is 0 Å². The Morgan fingerprint density at radius 3 is 0.636 bits per heavy atom. The molecule has 2 N–H and O–H groups in total. The van der Waals surface area contributed by atoms with Crippen LogP contribution in [0.4, 0.5) is 0 Å². The van der Waals surface area contributed by atoms with Gasteiger partial charge in [0.25, 0.3) is 0 Å². The second kappa shape index (κ2) is 17.3. The van der Waals surface area contributed by atoms with E-state index in [0.29, 0.717) is 0 Å². The molecule has 2 aromatic carbocycles. The lowest BCUT2D eigenvalue weighted by molar-refractivity contribution is 0.157. The second-order valence-corrected chi connectivity index (χ2v) is 13.9. The van der Waals surface area contributed by atoms with Gasteiger partial charge in [0.05, 0.1) is 12.2 Å². The average molecular weight is 605 g/mol. The van der Waals surface area contributed by atoms with Crippen molar-refractivity contribution in [1.82, 2.24) is 0 Å². The summed E-state index contributed by atoms with van der Waals surface area (Å²) < 4.78 is 0. The number of hydrogen-bond donors (Lipinski definition) is 2. The fraction of sp³-hybridized carbons (Fsp3) is 0.714. The summed E-state index contributed by atoms with van der Waals surface area (Å²) in [6, 6.07) is 0. The number of hydrogen-bond acceptors (Lipinski definition) is 2. The van der Waals surface area contributed by atoms with Gasteiger partial charge in [-0.3, -0.25) is 0 Å². The van der Waals surface area contributed by atoms with Gasteiger partial charge < -0.3 is 10.2 Å². The molecule has 2 aromatic rings. The summed E-state index contributed by atoms with van der Waals surface area (Å²) in [5, 5.41) is 24.1. The lowest BCUT2D eigenvalue weighted by Crippen LogP contribution is -2.36. The third kappa shape index (κ3) is 7.02. The van der Waals surface area contributed by atoms with Crippen molar-refractivity contribution < 1.29 is 10.2 Å². The van der Waals surface area contributed by atoms with Crippen LogP contribution >= 0.6 is 0 Å². The number of benzene rings is 2. The number of fused-ring (bicyclic) bond motifs is 2. The summed E-state index contributed by atoms with van der Waals surface area (Å²) in [4.78, 5) is 0. The third-order valence-corrected chi connectivity index (χ3v) is 10.3. The predicted octanol–water partition coefficient (Wildman–Crippen LogP) is 10.6. The van der Waals surface area contributed by atoms with Crippen molar-refractivity contribution in [2.75, 3.05) is 0 Å². The van der Waals surface area contributed by atoms with Crippen LogP contribution in [0.3, 0.4) is 0 Å². The van der Waals surface area contributed by atoms with Gasteiger partial charge in [0, 0.05) is 11.8 Å². The maximum absolute atomic E-state index is 12.0. The first-order valence-electron chi connectivity index (χ1n) is 19.0. The van der Waals surface area contributed by atoms with Gasteiger partial charge in [0.2, 0.25) is 0 Å². The molecule has 2 nitrogen and oxygen atoms in total. The van der Waals surface area contributed by atoms with Gasteiger partial charge in [0.1, 0.15) is 0 Å². The first-order valence-corrected chi connectivity index (χ1v) is 19.0. The molecule has 248 valence electrons. The van der Waals surface area contributed by atoms with Crippen LogP contribution in [0, 0.1) is 0 Å². The van der Waals surface area contributed by atoms with E-state index in [1.165, 1.54) is 44.5 Å². The number of aliphatic hydroxyl groups is 2. The lowest BCUT2D eigenvalue weighted by Gasteiger charge is -2.45. The second-order valence-electron chi connectivity index (χ2n) is 13.9. The highest BCUT2D eigenvalue weighted by atomic mass is 16.3. The van der Waals surface area contributed by atoms with Gasteiger partial charge in [-0.15, -0.1) is 0 Å². The first-order chi connectivity index (χ1) is 21.2. The molecule has 2 heteroatoms. The monoisotopic (exact) mass is 605 g/mol. The minimum atomic E-state index is -0.490. The molecule has 2 unspecified atom stereocenters. The number of rotatable bonds is 18. The molecule has 0 spiro atoms. The molecule has 1 aliphatic rings. The van der Waals surface area contributed by atoms with Crippen LogP contribution < -0.4 is 0 Å². The van der Waals surface area contributed by atoms with Crippen molar-refractivity contribution in [3.63, 3.8) is 0 Å². The Labute approximate surface area is 272 Å². The molecule has 44 heavy (non-hydrogen) atoms. The Hall–Kier alpha value is -1.64. The zero-order valence-electron chi connectivity index (χ0n) is 30.5. The van der Waals surface area contributed by atoms with Crippen molar-refractivity contribution >= 4 is 0 Å². The van der Waals surface area contributed by atoms with Crippen molar-refractivity contribution in [1.29, 1.82) is 0 Å². The van der Waals surface area contributed by atoms with Crippen LogP contribution in [0.1, 0.15) is 199 Å². The van der Waals surface area contributed by atoms with E-state index < -0.39 is 12.2 Å². The summed E-state index contributed by atoms with van der Waals surface area (Å²) in [5.41, 5.74) is 18.1. The molecule has 0 heterocycles. The summed E-state index contributed by atoms with van der Waals surface area (Å²) >= 11 is 0. The third-order valence-electron chi connectivity index (χ3n) is 10.3. The van der Waals surface area contributed by atoms with Gasteiger partial charge >= 0.3 is 0 Å². The lowest BCUT2D eigenvalue weighted by atomic mass is 9.60. The van der Waals surface area contributed by atoms with Crippen LogP contribution in [0.25, 0.3) is 0 Å². The van der Waals surface area contributed by atoms with Gasteiger partial charge in [-0.05, 0) is 132 Å². The molecule has 3 rings (SSSR count). The van der Waals surface area contributed by atoms with E-state index in [1.54, 1.807) is 22.3 Å². The molecule has 0 saturated heterocycles. The molecule has 0 radical (unpaired) electrons. The standard InChI is InChI=1S/C42H68O2/c1-11-19-29-30(20-12-2)34(24-16-6)40-38(28(10)44)42-36(26-18-8)32(22-14-4)31(21-13-3)35(25-17-7)41(42)37(27(9)43)39(40)33(29)23-15-5/h27-28,37-38,43-44H,11-26H2,1-10H3. The summed E-state index contributed by atoms with van der Waals surface area (Å²) in [6.45, 7) is 22.7. The average Bonchev–Trinajstić information content (AvgIpc) is 2.98. The van der Waals surface area contributed by atoms with E-state index in [-0.39, 0.29) is 11.8 Å². The summed E-state index contributed by atoms with van der Waals surface area (Å²) in [6.07, 6.45) is 16.6. The largest absolute Gasteiger partial charge is 0.392 e. The normalized spacial score (nSPS) is 17.5. The van der Waals surface area contributed by atoms with Crippen molar-refractivity contribution in [3.8, 4) is 0 Å². The maximum Gasteiger partial charge on any atom is 0.0621 e. The SMILES string of the molecule is CCCc1c(CCC)c(CCC)c2c(c1CCC)C(C(C)O)c1c(CCC)c(CCC)c(CCC)c(CCC)c1C2C(C)O. The number of aliphatic hydroxyl groups excluding tert-OH is 2. The fourth-order valence-corrected chi connectivity index (χ4v) is 9.05. The van der Waals surface area contributed by atoms with Crippen LogP contribution in [0.5, 0.6) is 0 Å². The highest BCUT2D eigenvalue weighted by Crippen LogP contribution is 2.55. The van der Waals surface area contributed by atoms with Crippen molar-refractivity contribution in [3.05, 3.63) is 66.8 Å². The highest BCUT2D eigenvalue weighted by Gasteiger charge is 2.44. The molecule has 0 bridgehead atoms. The zero-order valence-corrected chi connectivity index (χ0v) is 30.5. The Morgan fingerprint density at radius 1 is 0.341 bits per heavy atom. The molecule has 2 atom stereocenters. The predicted molar refractivity (Wildman–Crippen MR) is 192 cm³/mol. The van der Waals surface area contributed by atoms with Crippen LogP contribution in [-0.2, 0) is 51.4 Å². The molecular weight excluding hydrogens is 536 g/mol. The summed E-state index contributed by atoms with van der Waals surface area (Å²) in [5.74, 6) is -0.0799. The molecule has 0 aromatic heterocycles. The Morgan fingerprint density at radius 2 is 0.500 bits per heavy atom. The quantitative estimate of drug-likeness (QED) is 0.178. The molecule has 0 aliphatic heterocycles. The van der Waals surface area contributed by atoms with Crippen molar-refractivity contribution in [2.45, 2.75) is 196 Å². The van der Waals surface area contributed by atoms with E-state index in [2.05, 4.69) is 69.2 Å². The molecule has 0 saturated carbocycles. The van der Waals surface area contributed by atoms with Gasteiger partial charge in [-0.25, -0.2) is 0 Å². The van der Waals surface area contributed by atoms with E-state index >= 15 is 0 Å². The Balaban J connectivity index is 2.77. The highest BCUT2D eigenvalue weighted by molar-refractivity contribution is 5.68. The van der Waals surface area contributed by atoms with Gasteiger partial charge in [-0.2, -0.15) is 0 Å². The minimum absolute atomic E-state index is 0.0399. The minimum Gasteiger partial charge on any atom is -0.392 e. The van der Waals surface area contributed by atoms with Crippen LogP contribution in [-0.4, -0.2) is 22.4 Å². The van der Waals surface area contributed by atoms with E-state index in [0.717, 1.165) is 103 Å². The smallest absolute Gasteiger partial charge is 0.0621 e. The maximum atomic E-state index is 12.0. The van der Waals surface area contributed by atoms with E-state index in [4.69, 9.17) is 0 Å².